The van der Waals surface area contributed by atoms with Crippen molar-refractivity contribution in [3.63, 3.8) is 0 Å². The van der Waals surface area contributed by atoms with E-state index in [9.17, 15) is 18.0 Å². The average molecular weight is 320 g/mol. The molecular formula is C15H19F3O4. The van der Waals surface area contributed by atoms with E-state index in [2.05, 4.69) is 4.74 Å². The predicted octanol–water partition coefficient (Wildman–Crippen LogP) is 3.61. The lowest BCUT2D eigenvalue weighted by Crippen LogP contribution is -2.46. The molecule has 4 nitrogen and oxygen atoms in total. The van der Waals surface area contributed by atoms with Crippen molar-refractivity contribution in [2.75, 3.05) is 13.7 Å². The fourth-order valence-corrected chi connectivity index (χ4v) is 1.71. The zero-order valence-electron chi connectivity index (χ0n) is 12.6. The summed E-state index contributed by atoms with van der Waals surface area (Å²) in [7, 11) is 0.962. The Bertz CT molecular complexity index is 475. The number of esters is 1. The van der Waals surface area contributed by atoms with Gasteiger partial charge in [0.25, 0.3) is 0 Å². The first-order valence-electron chi connectivity index (χ1n) is 6.80. The van der Waals surface area contributed by atoms with Gasteiger partial charge in [0.2, 0.25) is 0 Å². The second kappa shape index (κ2) is 7.60. The van der Waals surface area contributed by atoms with Crippen molar-refractivity contribution in [1.82, 2.24) is 0 Å². The molecule has 0 aromatic heterocycles. The van der Waals surface area contributed by atoms with Crippen LogP contribution < -0.4 is 0 Å². The van der Waals surface area contributed by atoms with E-state index in [1.807, 2.05) is 13.8 Å². The molecule has 0 fully saturated rings. The van der Waals surface area contributed by atoms with E-state index in [4.69, 9.17) is 9.47 Å². The SMILES string of the molecule is CC[C@H](C)COC(=O)[C@@](OC)(OC(F)(F)F)c1ccccc1. The lowest BCUT2D eigenvalue weighted by molar-refractivity contribution is -0.410. The maximum absolute atomic E-state index is 12.7. The summed E-state index contributed by atoms with van der Waals surface area (Å²) < 4.78 is 52.0. The van der Waals surface area contributed by atoms with Crippen LogP contribution in [0.15, 0.2) is 30.3 Å². The van der Waals surface area contributed by atoms with Crippen molar-refractivity contribution in [2.45, 2.75) is 32.4 Å². The fraction of sp³-hybridized carbons (Fsp3) is 0.533. The first-order valence-corrected chi connectivity index (χ1v) is 6.80. The van der Waals surface area contributed by atoms with E-state index in [0.29, 0.717) is 0 Å². The molecule has 0 N–H and O–H groups in total. The van der Waals surface area contributed by atoms with E-state index in [1.165, 1.54) is 24.3 Å². The molecule has 0 saturated heterocycles. The van der Waals surface area contributed by atoms with Gasteiger partial charge in [-0.1, -0.05) is 50.6 Å². The fourth-order valence-electron chi connectivity index (χ4n) is 1.71. The first kappa shape index (κ1) is 18.4. The van der Waals surface area contributed by atoms with Crippen LogP contribution in [0.2, 0.25) is 0 Å². The van der Waals surface area contributed by atoms with Crippen LogP contribution in [-0.2, 0) is 24.8 Å². The summed E-state index contributed by atoms with van der Waals surface area (Å²) in [5.41, 5.74) is -0.0935. The van der Waals surface area contributed by atoms with Gasteiger partial charge in [-0.2, -0.15) is 0 Å². The third-order valence-electron chi connectivity index (χ3n) is 3.17. The molecule has 0 aliphatic heterocycles. The smallest absolute Gasteiger partial charge is 0.461 e. The molecule has 0 amide bonds. The minimum atomic E-state index is -5.07. The second-order valence-corrected chi connectivity index (χ2v) is 4.85. The minimum Gasteiger partial charge on any atom is -0.461 e. The summed E-state index contributed by atoms with van der Waals surface area (Å²) in [6.45, 7) is 3.68. The van der Waals surface area contributed by atoms with Crippen LogP contribution in [0.1, 0.15) is 25.8 Å². The van der Waals surface area contributed by atoms with Crippen molar-refractivity contribution in [3.8, 4) is 0 Å². The van der Waals surface area contributed by atoms with Crippen molar-refractivity contribution in [3.05, 3.63) is 35.9 Å². The Balaban J connectivity index is 3.12. The number of alkyl halides is 3. The topological polar surface area (TPSA) is 44.8 Å². The molecule has 22 heavy (non-hydrogen) atoms. The quantitative estimate of drug-likeness (QED) is 0.569. The molecule has 0 aliphatic rings. The van der Waals surface area contributed by atoms with E-state index < -0.39 is 18.1 Å². The molecule has 0 spiro atoms. The molecule has 1 aromatic rings. The van der Waals surface area contributed by atoms with Crippen LogP contribution in [0.4, 0.5) is 13.2 Å². The number of halogens is 3. The van der Waals surface area contributed by atoms with Crippen LogP contribution in [0, 0.1) is 5.92 Å². The number of methoxy groups -OCH3 is 1. The van der Waals surface area contributed by atoms with Crippen molar-refractivity contribution < 1.29 is 32.2 Å². The number of hydrogen-bond donors (Lipinski definition) is 0. The van der Waals surface area contributed by atoms with Gasteiger partial charge in [0, 0.05) is 12.7 Å². The van der Waals surface area contributed by atoms with Gasteiger partial charge in [-0.05, 0) is 5.92 Å². The Morgan fingerprint density at radius 3 is 2.27 bits per heavy atom. The Labute approximate surface area is 127 Å². The second-order valence-electron chi connectivity index (χ2n) is 4.85. The highest BCUT2D eigenvalue weighted by Gasteiger charge is 2.52. The number of ether oxygens (including phenoxy) is 3. The molecule has 0 unspecified atom stereocenters. The highest BCUT2D eigenvalue weighted by molar-refractivity contribution is 5.79. The average Bonchev–Trinajstić information content (AvgIpc) is 2.49. The number of hydrogen-bond acceptors (Lipinski definition) is 4. The van der Waals surface area contributed by atoms with Crippen LogP contribution >= 0.6 is 0 Å². The lowest BCUT2D eigenvalue weighted by Gasteiger charge is -2.31. The normalized spacial score (nSPS) is 15.9. The third-order valence-corrected chi connectivity index (χ3v) is 3.17. The van der Waals surface area contributed by atoms with Crippen LogP contribution in [0.25, 0.3) is 0 Å². The van der Waals surface area contributed by atoms with Crippen molar-refractivity contribution in [2.24, 2.45) is 5.92 Å². The third kappa shape index (κ3) is 4.71. The maximum atomic E-state index is 12.7. The van der Waals surface area contributed by atoms with Gasteiger partial charge < -0.3 is 9.47 Å². The van der Waals surface area contributed by atoms with E-state index >= 15 is 0 Å². The lowest BCUT2D eigenvalue weighted by atomic mass is 10.1. The summed E-state index contributed by atoms with van der Waals surface area (Å²) >= 11 is 0. The van der Waals surface area contributed by atoms with Gasteiger partial charge in [-0.25, -0.2) is 9.53 Å². The van der Waals surface area contributed by atoms with Crippen LogP contribution in [-0.4, -0.2) is 26.0 Å². The molecule has 7 heteroatoms. The number of rotatable bonds is 7. The Morgan fingerprint density at radius 1 is 1.23 bits per heavy atom. The number of carbonyl (C=O) groups excluding carboxylic acids is 1. The molecule has 0 aliphatic carbocycles. The van der Waals surface area contributed by atoms with Crippen LogP contribution in [0.5, 0.6) is 0 Å². The van der Waals surface area contributed by atoms with Gasteiger partial charge in [-0.15, -0.1) is 13.2 Å². The van der Waals surface area contributed by atoms with Gasteiger partial charge in [0.05, 0.1) is 6.61 Å². The highest BCUT2D eigenvalue weighted by Crippen LogP contribution is 2.35. The van der Waals surface area contributed by atoms with Crippen molar-refractivity contribution in [1.29, 1.82) is 0 Å². The molecule has 0 radical (unpaired) electrons. The monoisotopic (exact) mass is 320 g/mol. The molecule has 2 atom stereocenters. The summed E-state index contributed by atoms with van der Waals surface area (Å²) in [4.78, 5) is 12.2. The number of carbonyl (C=O) groups is 1. The minimum absolute atomic E-state index is 0.0140. The summed E-state index contributed by atoms with van der Waals surface area (Å²) in [6, 6.07) is 7.16. The zero-order valence-corrected chi connectivity index (χ0v) is 12.6. The van der Waals surface area contributed by atoms with E-state index in [1.54, 1.807) is 6.07 Å². The molecule has 0 bridgehead atoms. The van der Waals surface area contributed by atoms with Gasteiger partial charge in [0.15, 0.2) is 0 Å². The van der Waals surface area contributed by atoms with Gasteiger partial charge in [-0.3, -0.25) is 0 Å². The molecule has 124 valence electrons. The van der Waals surface area contributed by atoms with Gasteiger partial charge >= 0.3 is 18.1 Å². The van der Waals surface area contributed by atoms with Gasteiger partial charge in [0.1, 0.15) is 0 Å². The van der Waals surface area contributed by atoms with Crippen molar-refractivity contribution >= 4 is 5.97 Å². The summed E-state index contributed by atoms with van der Waals surface area (Å²) in [5.74, 6) is -3.90. The zero-order chi connectivity index (χ0) is 16.8. The number of benzene rings is 1. The largest absolute Gasteiger partial charge is 0.525 e. The van der Waals surface area contributed by atoms with E-state index in [-0.39, 0.29) is 18.1 Å². The molecule has 1 aromatic carbocycles. The highest BCUT2D eigenvalue weighted by atomic mass is 19.4. The predicted molar refractivity (Wildman–Crippen MR) is 72.7 cm³/mol. The Hall–Kier alpha value is -1.60. The molecule has 1 rings (SSSR count). The summed E-state index contributed by atoms with van der Waals surface area (Å²) in [6.07, 6.45) is -4.35. The van der Waals surface area contributed by atoms with Crippen LogP contribution in [0.3, 0.4) is 0 Å². The first-order chi connectivity index (χ1) is 10.2. The molecule has 0 saturated carbocycles. The Morgan fingerprint density at radius 2 is 1.82 bits per heavy atom. The standard InChI is InChI=1S/C15H19F3O4/c1-4-11(2)10-21-13(19)14(20-3,22-15(16,17)18)12-8-6-5-7-9-12/h5-9,11H,4,10H2,1-3H3/t11-,14-/m0/s1. The van der Waals surface area contributed by atoms with E-state index in [0.717, 1.165) is 13.5 Å². The summed E-state index contributed by atoms with van der Waals surface area (Å²) in [5, 5.41) is 0. The maximum Gasteiger partial charge on any atom is 0.525 e. The Kier molecular flexibility index (Phi) is 6.37. The molecule has 0 heterocycles. The molecular weight excluding hydrogens is 301 g/mol.